The van der Waals surface area contributed by atoms with Crippen molar-refractivity contribution in [1.82, 2.24) is 20.3 Å². The van der Waals surface area contributed by atoms with Gasteiger partial charge >= 0.3 is 0 Å². The van der Waals surface area contributed by atoms with E-state index >= 15 is 0 Å². The third-order valence-corrected chi connectivity index (χ3v) is 2.75. The molecule has 0 spiro atoms. The second-order valence-electron chi connectivity index (χ2n) is 3.87. The number of rotatable bonds is 4. The Bertz CT molecular complexity index is 507. The van der Waals surface area contributed by atoms with Crippen LogP contribution in [-0.4, -0.2) is 21.5 Å². The Balaban J connectivity index is 2.27. The minimum atomic E-state index is 0.703. The summed E-state index contributed by atoms with van der Waals surface area (Å²) in [6.07, 6.45) is 1.92. The average Bonchev–Trinajstić information content (AvgIpc) is 2.78. The lowest BCUT2D eigenvalue weighted by atomic mass is 10.2. The minimum Gasteiger partial charge on any atom is -0.311 e. The average molecular weight is 251 g/mol. The van der Waals surface area contributed by atoms with Crippen LogP contribution in [0.25, 0.3) is 5.69 Å². The molecule has 0 atom stereocenters. The van der Waals surface area contributed by atoms with Gasteiger partial charge in [0.05, 0.1) is 17.6 Å². The quantitative estimate of drug-likeness (QED) is 0.906. The zero-order valence-electron chi connectivity index (χ0n) is 9.94. The Hall–Kier alpha value is -1.39. The molecule has 1 aromatic carbocycles. The highest BCUT2D eigenvalue weighted by molar-refractivity contribution is 6.30. The van der Waals surface area contributed by atoms with Gasteiger partial charge in [0.2, 0.25) is 0 Å². The molecule has 0 amide bonds. The molecule has 0 saturated heterocycles. The molecule has 0 bridgehead atoms. The van der Waals surface area contributed by atoms with Crippen LogP contribution < -0.4 is 5.32 Å². The molecule has 2 rings (SSSR count). The van der Waals surface area contributed by atoms with Gasteiger partial charge in [-0.2, -0.15) is 0 Å². The number of hydrogen-bond acceptors (Lipinski definition) is 3. The number of aryl methyl sites for hydroxylation is 1. The van der Waals surface area contributed by atoms with Crippen LogP contribution >= 0.6 is 11.6 Å². The summed E-state index contributed by atoms with van der Waals surface area (Å²) in [5, 5.41) is 12.1. The van der Waals surface area contributed by atoms with Crippen molar-refractivity contribution < 1.29 is 0 Å². The molecule has 1 N–H and O–H groups in total. The zero-order valence-corrected chi connectivity index (χ0v) is 10.7. The highest BCUT2D eigenvalue weighted by Crippen LogP contribution is 2.18. The van der Waals surface area contributed by atoms with Crippen LogP contribution in [0.1, 0.15) is 18.2 Å². The molecule has 0 unspecified atom stereocenters. The smallest absolute Gasteiger partial charge is 0.0969 e. The molecule has 0 aliphatic carbocycles. The fourth-order valence-corrected chi connectivity index (χ4v) is 1.75. The van der Waals surface area contributed by atoms with Crippen LogP contribution in [0.5, 0.6) is 0 Å². The first-order valence-electron chi connectivity index (χ1n) is 5.59. The molecule has 17 heavy (non-hydrogen) atoms. The predicted molar refractivity (Wildman–Crippen MR) is 68.5 cm³/mol. The molecule has 1 heterocycles. The Labute approximate surface area is 106 Å². The van der Waals surface area contributed by atoms with Gasteiger partial charge < -0.3 is 5.32 Å². The molecular formula is C12H15ClN4. The third-order valence-electron chi connectivity index (χ3n) is 2.51. The molecule has 90 valence electrons. The largest absolute Gasteiger partial charge is 0.311 e. The van der Waals surface area contributed by atoms with E-state index in [1.54, 1.807) is 4.68 Å². The number of nitrogens with one attached hydrogen (secondary N) is 1. The zero-order chi connectivity index (χ0) is 12.3. The van der Waals surface area contributed by atoms with Gasteiger partial charge in [-0.05, 0) is 31.2 Å². The standard InChI is InChI=1S/C12H15ClN4/c1-3-14-7-11-8-17(16-15-11)12-6-10(13)5-4-9(12)2/h4-6,8,14H,3,7H2,1-2H3. The number of hydrogen-bond donors (Lipinski definition) is 1. The Morgan fingerprint density at radius 1 is 1.41 bits per heavy atom. The van der Waals surface area contributed by atoms with Crippen LogP contribution in [0.4, 0.5) is 0 Å². The van der Waals surface area contributed by atoms with E-state index in [2.05, 4.69) is 22.6 Å². The lowest BCUT2D eigenvalue weighted by molar-refractivity contribution is 0.705. The monoisotopic (exact) mass is 250 g/mol. The summed E-state index contributed by atoms with van der Waals surface area (Å²) in [7, 11) is 0. The van der Waals surface area contributed by atoms with E-state index in [0.29, 0.717) is 5.02 Å². The molecule has 4 nitrogen and oxygen atoms in total. The Morgan fingerprint density at radius 3 is 3.00 bits per heavy atom. The molecule has 1 aromatic heterocycles. The predicted octanol–water partition coefficient (Wildman–Crippen LogP) is 2.34. The van der Waals surface area contributed by atoms with Crippen molar-refractivity contribution >= 4 is 11.6 Å². The minimum absolute atomic E-state index is 0.703. The van der Waals surface area contributed by atoms with Crippen LogP contribution in [-0.2, 0) is 6.54 Å². The van der Waals surface area contributed by atoms with E-state index in [0.717, 1.165) is 30.0 Å². The van der Waals surface area contributed by atoms with Gasteiger partial charge in [-0.25, -0.2) is 4.68 Å². The number of benzene rings is 1. The summed E-state index contributed by atoms with van der Waals surface area (Å²) in [4.78, 5) is 0. The van der Waals surface area contributed by atoms with Gasteiger partial charge in [0.25, 0.3) is 0 Å². The second kappa shape index (κ2) is 5.29. The molecule has 5 heteroatoms. The van der Waals surface area contributed by atoms with Crippen LogP contribution in [0.15, 0.2) is 24.4 Å². The summed E-state index contributed by atoms with van der Waals surface area (Å²) in [5.41, 5.74) is 3.01. The fourth-order valence-electron chi connectivity index (χ4n) is 1.58. The maximum absolute atomic E-state index is 5.98. The second-order valence-corrected chi connectivity index (χ2v) is 4.30. The number of halogens is 1. The highest BCUT2D eigenvalue weighted by atomic mass is 35.5. The topological polar surface area (TPSA) is 42.7 Å². The summed E-state index contributed by atoms with van der Waals surface area (Å²) in [6.45, 7) is 5.74. The van der Waals surface area contributed by atoms with E-state index in [1.807, 2.05) is 31.3 Å². The third kappa shape index (κ3) is 2.84. The lowest BCUT2D eigenvalue weighted by Crippen LogP contribution is -2.11. The van der Waals surface area contributed by atoms with E-state index in [9.17, 15) is 0 Å². The normalized spacial score (nSPS) is 10.8. The van der Waals surface area contributed by atoms with E-state index < -0.39 is 0 Å². The van der Waals surface area contributed by atoms with Crippen LogP contribution in [0.2, 0.25) is 5.02 Å². The molecule has 0 aliphatic rings. The SMILES string of the molecule is CCNCc1cn(-c2cc(Cl)ccc2C)nn1. The lowest BCUT2D eigenvalue weighted by Gasteiger charge is -2.04. The summed E-state index contributed by atoms with van der Waals surface area (Å²) in [5.74, 6) is 0. The fraction of sp³-hybridized carbons (Fsp3) is 0.333. The number of nitrogens with zero attached hydrogens (tertiary/aromatic N) is 3. The summed E-state index contributed by atoms with van der Waals surface area (Å²) >= 11 is 5.98. The van der Waals surface area contributed by atoms with Gasteiger partial charge in [0, 0.05) is 11.6 Å². The van der Waals surface area contributed by atoms with Crippen molar-refractivity contribution in [2.24, 2.45) is 0 Å². The van der Waals surface area contributed by atoms with Crippen molar-refractivity contribution in [2.75, 3.05) is 6.54 Å². The maximum atomic E-state index is 5.98. The van der Waals surface area contributed by atoms with E-state index in [4.69, 9.17) is 11.6 Å². The van der Waals surface area contributed by atoms with Crippen molar-refractivity contribution in [3.05, 3.63) is 40.7 Å². The molecular weight excluding hydrogens is 236 g/mol. The van der Waals surface area contributed by atoms with Gasteiger partial charge in [-0.3, -0.25) is 0 Å². The summed E-state index contributed by atoms with van der Waals surface area (Å²) in [6, 6.07) is 5.74. The molecule has 0 aliphatic heterocycles. The first-order chi connectivity index (χ1) is 8.20. The van der Waals surface area contributed by atoms with E-state index in [-0.39, 0.29) is 0 Å². The van der Waals surface area contributed by atoms with E-state index in [1.165, 1.54) is 0 Å². The Morgan fingerprint density at radius 2 is 2.24 bits per heavy atom. The maximum Gasteiger partial charge on any atom is 0.0969 e. The molecule has 0 radical (unpaired) electrons. The number of aromatic nitrogens is 3. The summed E-state index contributed by atoms with van der Waals surface area (Å²) < 4.78 is 1.76. The molecule has 0 fully saturated rings. The molecule has 0 saturated carbocycles. The van der Waals surface area contributed by atoms with Crippen molar-refractivity contribution in [3.63, 3.8) is 0 Å². The molecule has 2 aromatic rings. The van der Waals surface area contributed by atoms with Gasteiger partial charge in [0.15, 0.2) is 0 Å². The van der Waals surface area contributed by atoms with Crippen molar-refractivity contribution in [3.8, 4) is 5.69 Å². The van der Waals surface area contributed by atoms with Crippen molar-refractivity contribution in [1.29, 1.82) is 0 Å². The van der Waals surface area contributed by atoms with Gasteiger partial charge in [-0.15, -0.1) is 5.10 Å². The van der Waals surface area contributed by atoms with Crippen LogP contribution in [0.3, 0.4) is 0 Å². The first-order valence-corrected chi connectivity index (χ1v) is 5.97. The van der Waals surface area contributed by atoms with Crippen LogP contribution in [0, 0.1) is 6.92 Å². The first kappa shape index (κ1) is 12.1. The van der Waals surface area contributed by atoms with Gasteiger partial charge in [0.1, 0.15) is 0 Å². The van der Waals surface area contributed by atoms with Crippen molar-refractivity contribution in [2.45, 2.75) is 20.4 Å². The highest BCUT2D eigenvalue weighted by Gasteiger charge is 2.05. The van der Waals surface area contributed by atoms with Gasteiger partial charge in [-0.1, -0.05) is 29.8 Å². The Kier molecular flexibility index (Phi) is 3.76.